The summed E-state index contributed by atoms with van der Waals surface area (Å²) in [7, 11) is 0. The standard InChI is InChI=1S/C22H23N3O2S/c26-20(9-4-11-23-22(27)18-10-15-28-16-18)25-14-13-24-12-5-8-19(24)21(25)17-6-2-1-3-7-17/h1-3,5-8,10,12,15-16,21H,4,9,11,13-14H2,(H,23,27). The summed E-state index contributed by atoms with van der Waals surface area (Å²) in [5.74, 6) is 0.0535. The van der Waals surface area contributed by atoms with Crippen molar-refractivity contribution in [3.05, 3.63) is 82.3 Å². The number of amides is 2. The van der Waals surface area contributed by atoms with Crippen molar-refractivity contribution in [1.82, 2.24) is 14.8 Å². The van der Waals surface area contributed by atoms with Gasteiger partial charge in [0.2, 0.25) is 5.91 Å². The molecule has 1 N–H and O–H groups in total. The van der Waals surface area contributed by atoms with Gasteiger partial charge in [-0.15, -0.1) is 0 Å². The Kier molecular flexibility index (Phi) is 5.58. The number of nitrogens with one attached hydrogen (secondary N) is 1. The van der Waals surface area contributed by atoms with E-state index in [1.54, 1.807) is 6.07 Å². The van der Waals surface area contributed by atoms with Gasteiger partial charge in [0.25, 0.3) is 5.91 Å². The molecule has 2 amide bonds. The Labute approximate surface area is 168 Å². The van der Waals surface area contributed by atoms with Crippen LogP contribution in [0.15, 0.2) is 65.5 Å². The third-order valence-electron chi connectivity index (χ3n) is 5.11. The summed E-state index contributed by atoms with van der Waals surface area (Å²) in [6, 6.07) is 16.1. The number of hydrogen-bond acceptors (Lipinski definition) is 3. The van der Waals surface area contributed by atoms with Crippen LogP contribution in [0.4, 0.5) is 0 Å². The fraction of sp³-hybridized carbons (Fsp3) is 0.273. The largest absolute Gasteiger partial charge is 0.352 e. The first kappa shape index (κ1) is 18.5. The third-order valence-corrected chi connectivity index (χ3v) is 5.79. The van der Waals surface area contributed by atoms with Crippen molar-refractivity contribution in [2.24, 2.45) is 0 Å². The Morgan fingerprint density at radius 1 is 1.07 bits per heavy atom. The molecular weight excluding hydrogens is 370 g/mol. The summed E-state index contributed by atoms with van der Waals surface area (Å²) in [6.07, 6.45) is 3.13. The first-order chi connectivity index (χ1) is 13.7. The van der Waals surface area contributed by atoms with Gasteiger partial charge >= 0.3 is 0 Å². The number of thiophene rings is 1. The lowest BCUT2D eigenvalue weighted by Gasteiger charge is -2.37. The smallest absolute Gasteiger partial charge is 0.252 e. The topological polar surface area (TPSA) is 54.3 Å². The van der Waals surface area contributed by atoms with Crippen molar-refractivity contribution in [3.63, 3.8) is 0 Å². The van der Waals surface area contributed by atoms with E-state index in [0.29, 0.717) is 31.5 Å². The molecule has 1 atom stereocenters. The number of aromatic nitrogens is 1. The van der Waals surface area contributed by atoms with E-state index in [0.717, 1.165) is 17.8 Å². The van der Waals surface area contributed by atoms with Crippen LogP contribution in [0.3, 0.4) is 0 Å². The number of hydrogen-bond donors (Lipinski definition) is 1. The van der Waals surface area contributed by atoms with Gasteiger partial charge in [-0.25, -0.2) is 0 Å². The van der Waals surface area contributed by atoms with Crippen LogP contribution in [0.2, 0.25) is 0 Å². The molecule has 3 aromatic rings. The van der Waals surface area contributed by atoms with Crippen LogP contribution in [0.25, 0.3) is 0 Å². The van der Waals surface area contributed by atoms with Crippen LogP contribution in [0.1, 0.15) is 40.5 Å². The van der Waals surface area contributed by atoms with Crippen LogP contribution in [-0.4, -0.2) is 34.4 Å². The number of benzene rings is 1. The van der Waals surface area contributed by atoms with Crippen molar-refractivity contribution in [3.8, 4) is 0 Å². The van der Waals surface area contributed by atoms with Gasteiger partial charge < -0.3 is 14.8 Å². The van der Waals surface area contributed by atoms with E-state index in [9.17, 15) is 9.59 Å². The van der Waals surface area contributed by atoms with Crippen molar-refractivity contribution in [1.29, 1.82) is 0 Å². The highest BCUT2D eigenvalue weighted by atomic mass is 32.1. The minimum absolute atomic E-state index is 0.0575. The van der Waals surface area contributed by atoms with E-state index in [1.165, 1.54) is 11.3 Å². The molecule has 144 valence electrons. The number of rotatable bonds is 6. The highest BCUT2D eigenvalue weighted by Crippen LogP contribution is 2.32. The Morgan fingerprint density at radius 2 is 1.93 bits per heavy atom. The molecule has 3 heterocycles. The summed E-state index contributed by atoms with van der Waals surface area (Å²) in [4.78, 5) is 27.0. The van der Waals surface area contributed by atoms with E-state index < -0.39 is 0 Å². The molecule has 0 radical (unpaired) electrons. The minimum Gasteiger partial charge on any atom is -0.352 e. The van der Waals surface area contributed by atoms with E-state index in [2.05, 4.69) is 34.3 Å². The molecule has 0 saturated heterocycles. The molecule has 1 aliphatic heterocycles. The fourth-order valence-electron chi connectivity index (χ4n) is 3.72. The Balaban J connectivity index is 1.39. The third kappa shape index (κ3) is 3.87. The van der Waals surface area contributed by atoms with Gasteiger partial charge in [-0.1, -0.05) is 30.3 Å². The van der Waals surface area contributed by atoms with Crippen LogP contribution < -0.4 is 5.32 Å². The average molecular weight is 394 g/mol. The SMILES string of the molecule is O=C(NCCCC(=O)N1CCn2cccc2C1c1ccccc1)c1ccsc1. The lowest BCUT2D eigenvalue weighted by Crippen LogP contribution is -2.42. The molecule has 28 heavy (non-hydrogen) atoms. The van der Waals surface area contributed by atoms with Crippen molar-refractivity contribution >= 4 is 23.2 Å². The first-order valence-corrected chi connectivity index (χ1v) is 10.5. The number of nitrogens with zero attached hydrogens (tertiary/aromatic N) is 2. The van der Waals surface area contributed by atoms with Crippen LogP contribution >= 0.6 is 11.3 Å². The molecule has 1 unspecified atom stereocenters. The average Bonchev–Trinajstić information content (AvgIpc) is 3.42. The van der Waals surface area contributed by atoms with Gasteiger partial charge in [-0.2, -0.15) is 11.3 Å². The van der Waals surface area contributed by atoms with Gasteiger partial charge in [0, 0.05) is 48.9 Å². The molecule has 5 nitrogen and oxygen atoms in total. The lowest BCUT2D eigenvalue weighted by atomic mass is 9.99. The Morgan fingerprint density at radius 3 is 2.71 bits per heavy atom. The zero-order valence-electron chi connectivity index (χ0n) is 15.6. The summed E-state index contributed by atoms with van der Waals surface area (Å²) in [5, 5.41) is 6.60. The molecule has 0 spiro atoms. The van der Waals surface area contributed by atoms with Crippen LogP contribution in [0.5, 0.6) is 0 Å². The van der Waals surface area contributed by atoms with E-state index >= 15 is 0 Å². The molecule has 1 aliphatic rings. The van der Waals surface area contributed by atoms with Gasteiger partial charge in [0.15, 0.2) is 0 Å². The summed E-state index contributed by atoms with van der Waals surface area (Å²) in [6.45, 7) is 2.01. The maximum absolute atomic E-state index is 13.0. The second-order valence-electron chi connectivity index (χ2n) is 6.90. The van der Waals surface area contributed by atoms with Crippen LogP contribution in [-0.2, 0) is 11.3 Å². The monoisotopic (exact) mass is 393 g/mol. The summed E-state index contributed by atoms with van der Waals surface area (Å²) in [5.41, 5.74) is 2.95. The number of carbonyl (C=O) groups excluding carboxylic acids is 2. The molecule has 6 heteroatoms. The van der Waals surface area contributed by atoms with Gasteiger partial charge in [0.1, 0.15) is 0 Å². The Hall–Kier alpha value is -2.86. The molecule has 1 aromatic carbocycles. The molecule has 4 rings (SSSR count). The molecule has 0 saturated carbocycles. The van der Waals surface area contributed by atoms with Crippen molar-refractivity contribution in [2.45, 2.75) is 25.4 Å². The van der Waals surface area contributed by atoms with E-state index in [-0.39, 0.29) is 17.9 Å². The predicted molar refractivity (Wildman–Crippen MR) is 110 cm³/mol. The zero-order chi connectivity index (χ0) is 19.3. The number of carbonyl (C=O) groups is 2. The quantitative estimate of drug-likeness (QED) is 0.650. The predicted octanol–water partition coefficient (Wildman–Crippen LogP) is 3.69. The van der Waals surface area contributed by atoms with E-state index in [4.69, 9.17) is 0 Å². The Bertz CT molecular complexity index is 934. The maximum Gasteiger partial charge on any atom is 0.252 e. The lowest BCUT2D eigenvalue weighted by molar-refractivity contribution is -0.134. The molecule has 0 bridgehead atoms. The highest BCUT2D eigenvalue weighted by Gasteiger charge is 2.31. The molecule has 0 fully saturated rings. The maximum atomic E-state index is 13.0. The molecule has 0 aliphatic carbocycles. The fourth-order valence-corrected chi connectivity index (χ4v) is 4.35. The second-order valence-corrected chi connectivity index (χ2v) is 7.68. The summed E-state index contributed by atoms with van der Waals surface area (Å²) >= 11 is 1.50. The number of fused-ring (bicyclic) bond motifs is 1. The molecular formula is C22H23N3O2S. The van der Waals surface area contributed by atoms with Crippen molar-refractivity contribution < 1.29 is 9.59 Å². The van der Waals surface area contributed by atoms with Gasteiger partial charge in [-0.3, -0.25) is 9.59 Å². The highest BCUT2D eigenvalue weighted by molar-refractivity contribution is 7.08. The molecule has 2 aromatic heterocycles. The zero-order valence-corrected chi connectivity index (χ0v) is 16.4. The summed E-state index contributed by atoms with van der Waals surface area (Å²) < 4.78 is 2.22. The van der Waals surface area contributed by atoms with E-state index in [1.807, 2.05) is 39.9 Å². The van der Waals surface area contributed by atoms with Gasteiger partial charge in [-0.05, 0) is 35.6 Å². The minimum atomic E-state index is -0.0772. The first-order valence-electron chi connectivity index (χ1n) is 9.54. The van der Waals surface area contributed by atoms with Gasteiger partial charge in [0.05, 0.1) is 6.04 Å². The van der Waals surface area contributed by atoms with Crippen LogP contribution in [0, 0.1) is 0 Å². The van der Waals surface area contributed by atoms with Crippen molar-refractivity contribution in [2.75, 3.05) is 13.1 Å². The normalized spacial score (nSPS) is 15.9. The second kappa shape index (κ2) is 8.44.